The Hall–Kier alpha value is -3.40. The number of rotatable bonds is 11. The van der Waals surface area contributed by atoms with Crippen LogP contribution in [0.25, 0.3) is 10.9 Å². The maximum absolute atomic E-state index is 13.0. The van der Waals surface area contributed by atoms with Crippen molar-refractivity contribution in [2.45, 2.75) is 56.7 Å². The van der Waals surface area contributed by atoms with Crippen LogP contribution in [-0.2, 0) is 25.6 Å². The van der Waals surface area contributed by atoms with Gasteiger partial charge in [-0.05, 0) is 43.7 Å². The van der Waals surface area contributed by atoms with Gasteiger partial charge in [-0.2, -0.15) is 0 Å². The van der Waals surface area contributed by atoms with E-state index in [1.54, 1.807) is 0 Å². The number of hydrogen-bond donors (Lipinski definition) is 5. The second-order valence-electron chi connectivity index (χ2n) is 7.97. The van der Waals surface area contributed by atoms with E-state index < -0.39 is 41.9 Å². The summed E-state index contributed by atoms with van der Waals surface area (Å²) < 4.78 is 0. The van der Waals surface area contributed by atoms with Crippen LogP contribution >= 0.6 is 0 Å². The summed E-state index contributed by atoms with van der Waals surface area (Å²) in [5, 5.41) is 31.9. The van der Waals surface area contributed by atoms with Crippen molar-refractivity contribution in [3.05, 3.63) is 36.0 Å². The van der Waals surface area contributed by atoms with Crippen LogP contribution in [0.2, 0.25) is 0 Å². The van der Waals surface area contributed by atoms with Crippen molar-refractivity contribution in [3.8, 4) is 0 Å². The number of fused-ring (bicyclic) bond motifs is 1. The predicted octanol–water partition coefficient (Wildman–Crippen LogP) is 1.45. The Balaban J connectivity index is 1.73. The summed E-state index contributed by atoms with van der Waals surface area (Å²) in [6.45, 7) is 0.244. The highest BCUT2D eigenvalue weighted by atomic mass is 16.4. The minimum absolute atomic E-state index is 0.131. The SMILES string of the molecule is O=C(O)CC[C@H](NC(CCc1c[nH]c2ccccc12)C(=O)O)C(=O)N1CCC[C@H]1C(=O)O. The topological polar surface area (TPSA) is 160 Å². The molecule has 3 rings (SSSR count). The number of carboxylic acid groups (broad SMARTS) is 3. The lowest BCUT2D eigenvalue weighted by atomic mass is 10.0. The molecule has 0 radical (unpaired) electrons. The van der Waals surface area contributed by atoms with E-state index in [9.17, 15) is 29.4 Å². The van der Waals surface area contributed by atoms with Crippen molar-refractivity contribution in [3.63, 3.8) is 0 Å². The number of benzene rings is 1. The monoisotopic (exact) mass is 445 g/mol. The van der Waals surface area contributed by atoms with Crippen LogP contribution in [0.15, 0.2) is 30.5 Å². The fourth-order valence-electron chi connectivity index (χ4n) is 4.19. The Kier molecular flexibility index (Phi) is 7.47. The molecule has 3 atom stereocenters. The highest BCUT2D eigenvalue weighted by Crippen LogP contribution is 2.22. The Labute approximate surface area is 184 Å². The minimum atomic E-state index is -1.16. The Morgan fingerprint density at radius 3 is 2.53 bits per heavy atom. The van der Waals surface area contributed by atoms with Gasteiger partial charge in [-0.3, -0.25) is 19.7 Å². The molecule has 1 saturated heterocycles. The maximum Gasteiger partial charge on any atom is 0.326 e. The Morgan fingerprint density at radius 2 is 1.84 bits per heavy atom. The number of carbonyl (C=O) groups excluding carboxylic acids is 1. The molecule has 10 heteroatoms. The standard InChI is InChI=1S/C22H27N3O7/c26-19(27)10-9-16(20(28)25-11-3-6-18(25)22(31)32)24-17(21(29)30)8-7-13-12-23-15-5-2-1-4-14(13)15/h1-2,4-5,12,16-18,23-24H,3,6-11H2,(H,26,27)(H,29,30)(H,31,32)/t16-,17?,18-/m0/s1. The summed E-state index contributed by atoms with van der Waals surface area (Å²) in [7, 11) is 0. The third-order valence-corrected chi connectivity index (χ3v) is 5.84. The van der Waals surface area contributed by atoms with Crippen LogP contribution in [0.1, 0.15) is 37.7 Å². The van der Waals surface area contributed by atoms with E-state index in [-0.39, 0.29) is 25.8 Å². The number of hydrogen-bond acceptors (Lipinski definition) is 5. The molecule has 32 heavy (non-hydrogen) atoms. The van der Waals surface area contributed by atoms with Gasteiger partial charge in [0.25, 0.3) is 0 Å². The van der Waals surface area contributed by atoms with E-state index in [2.05, 4.69) is 10.3 Å². The molecule has 0 spiro atoms. The molecule has 10 nitrogen and oxygen atoms in total. The second kappa shape index (κ2) is 10.3. The predicted molar refractivity (Wildman–Crippen MR) is 114 cm³/mol. The molecule has 172 valence electrons. The van der Waals surface area contributed by atoms with Gasteiger partial charge in [0.1, 0.15) is 12.1 Å². The Bertz CT molecular complexity index is 1000. The second-order valence-corrected chi connectivity index (χ2v) is 7.97. The van der Waals surface area contributed by atoms with Crippen LogP contribution in [0, 0.1) is 0 Å². The van der Waals surface area contributed by atoms with E-state index in [1.807, 2.05) is 30.5 Å². The molecule has 0 aliphatic carbocycles. The van der Waals surface area contributed by atoms with Gasteiger partial charge in [0.2, 0.25) is 5.91 Å². The van der Waals surface area contributed by atoms with Gasteiger partial charge in [-0.1, -0.05) is 18.2 Å². The number of para-hydroxylation sites is 1. The van der Waals surface area contributed by atoms with Gasteiger partial charge < -0.3 is 25.2 Å². The average molecular weight is 445 g/mol. The zero-order valence-electron chi connectivity index (χ0n) is 17.5. The first-order valence-electron chi connectivity index (χ1n) is 10.6. The number of aromatic nitrogens is 1. The quantitative estimate of drug-likeness (QED) is 0.347. The van der Waals surface area contributed by atoms with Crippen LogP contribution in [-0.4, -0.2) is 73.7 Å². The first-order chi connectivity index (χ1) is 15.3. The van der Waals surface area contributed by atoms with Crippen LogP contribution < -0.4 is 5.32 Å². The zero-order valence-corrected chi connectivity index (χ0v) is 17.5. The molecule has 2 heterocycles. The highest BCUT2D eigenvalue weighted by molar-refractivity contribution is 5.88. The van der Waals surface area contributed by atoms with Crippen molar-refractivity contribution < 1.29 is 34.5 Å². The summed E-state index contributed by atoms with van der Waals surface area (Å²) in [5.74, 6) is -3.97. The first-order valence-corrected chi connectivity index (χ1v) is 10.6. The fraction of sp³-hybridized carbons (Fsp3) is 0.455. The summed E-state index contributed by atoms with van der Waals surface area (Å²) >= 11 is 0. The van der Waals surface area contributed by atoms with E-state index >= 15 is 0 Å². The van der Waals surface area contributed by atoms with Crippen LogP contribution in [0.5, 0.6) is 0 Å². The van der Waals surface area contributed by atoms with Gasteiger partial charge in [-0.25, -0.2) is 4.79 Å². The molecule has 1 aromatic heterocycles. The fourth-order valence-corrected chi connectivity index (χ4v) is 4.19. The largest absolute Gasteiger partial charge is 0.481 e. The number of likely N-dealkylation sites (tertiary alicyclic amines) is 1. The Morgan fingerprint density at radius 1 is 1.09 bits per heavy atom. The number of H-pyrrole nitrogens is 1. The van der Waals surface area contributed by atoms with Gasteiger partial charge in [0.05, 0.1) is 6.04 Å². The molecule has 2 aromatic rings. The van der Waals surface area contributed by atoms with E-state index in [4.69, 9.17) is 5.11 Å². The molecular formula is C22H27N3O7. The van der Waals surface area contributed by atoms with Crippen molar-refractivity contribution in [2.24, 2.45) is 0 Å². The third-order valence-electron chi connectivity index (χ3n) is 5.84. The molecule has 1 aliphatic heterocycles. The lowest BCUT2D eigenvalue weighted by molar-refractivity contribution is -0.150. The normalized spacial score (nSPS) is 17.9. The molecule has 0 bridgehead atoms. The van der Waals surface area contributed by atoms with Gasteiger partial charge in [0, 0.05) is 30.1 Å². The van der Waals surface area contributed by atoms with Crippen molar-refractivity contribution in [1.82, 2.24) is 15.2 Å². The number of carboxylic acids is 3. The summed E-state index contributed by atoms with van der Waals surface area (Å²) in [5.41, 5.74) is 1.87. The molecule has 1 fully saturated rings. The van der Waals surface area contributed by atoms with Gasteiger partial charge >= 0.3 is 17.9 Å². The minimum Gasteiger partial charge on any atom is -0.481 e. The smallest absolute Gasteiger partial charge is 0.326 e. The van der Waals surface area contributed by atoms with Crippen molar-refractivity contribution in [2.75, 3.05) is 6.54 Å². The number of aryl methyl sites for hydroxylation is 1. The van der Waals surface area contributed by atoms with Crippen molar-refractivity contribution in [1.29, 1.82) is 0 Å². The zero-order chi connectivity index (χ0) is 23.3. The molecule has 1 aliphatic rings. The summed E-state index contributed by atoms with van der Waals surface area (Å²) in [6, 6.07) is 4.45. The molecule has 1 unspecified atom stereocenters. The van der Waals surface area contributed by atoms with E-state index in [0.717, 1.165) is 16.5 Å². The third kappa shape index (κ3) is 5.44. The lowest BCUT2D eigenvalue weighted by Gasteiger charge is -2.29. The molecule has 1 amide bonds. The van der Waals surface area contributed by atoms with Crippen LogP contribution in [0.4, 0.5) is 0 Å². The number of aromatic amines is 1. The molecular weight excluding hydrogens is 418 g/mol. The van der Waals surface area contributed by atoms with E-state index in [0.29, 0.717) is 19.3 Å². The summed E-state index contributed by atoms with van der Waals surface area (Å²) in [4.78, 5) is 51.8. The number of aliphatic carboxylic acids is 3. The van der Waals surface area contributed by atoms with Crippen molar-refractivity contribution >= 4 is 34.7 Å². The number of amides is 1. The molecule has 0 saturated carbocycles. The average Bonchev–Trinajstić information content (AvgIpc) is 3.40. The highest BCUT2D eigenvalue weighted by Gasteiger charge is 2.38. The van der Waals surface area contributed by atoms with Gasteiger partial charge in [-0.15, -0.1) is 0 Å². The number of carbonyl (C=O) groups is 4. The van der Waals surface area contributed by atoms with Crippen LogP contribution in [0.3, 0.4) is 0 Å². The molecule has 1 aromatic carbocycles. The first kappa shape index (κ1) is 23.3. The van der Waals surface area contributed by atoms with E-state index in [1.165, 1.54) is 4.90 Å². The number of nitrogens with zero attached hydrogens (tertiary/aromatic N) is 1. The summed E-state index contributed by atoms with van der Waals surface area (Å²) in [6.07, 6.45) is 2.79. The maximum atomic E-state index is 13.0. The van der Waals surface area contributed by atoms with Gasteiger partial charge in [0.15, 0.2) is 0 Å². The lowest BCUT2D eigenvalue weighted by Crippen LogP contribution is -2.54. The number of nitrogens with one attached hydrogen (secondary N) is 2. The molecule has 5 N–H and O–H groups in total.